The van der Waals surface area contributed by atoms with Gasteiger partial charge in [-0.1, -0.05) is 11.8 Å². The first-order valence-corrected chi connectivity index (χ1v) is 9.68. The first-order chi connectivity index (χ1) is 12.8. The largest absolute Gasteiger partial charge is 0.369 e. The zero-order chi connectivity index (χ0) is 19.5. The van der Waals surface area contributed by atoms with Crippen LogP contribution in [0.3, 0.4) is 0 Å². The van der Waals surface area contributed by atoms with E-state index in [4.69, 9.17) is 4.74 Å². The van der Waals surface area contributed by atoms with Crippen LogP contribution in [0.5, 0.6) is 0 Å². The average molecular weight is 371 g/mol. The highest BCUT2D eigenvalue weighted by Gasteiger charge is 2.35. The maximum Gasteiger partial charge on any atom is 0.269 e. The van der Waals surface area contributed by atoms with Crippen molar-refractivity contribution in [2.24, 2.45) is 0 Å². The van der Waals surface area contributed by atoms with E-state index in [2.05, 4.69) is 42.4 Å². The quantitative estimate of drug-likeness (QED) is 0.463. The number of benzene rings is 1. The van der Waals surface area contributed by atoms with Gasteiger partial charge in [-0.25, -0.2) is 0 Å². The van der Waals surface area contributed by atoms with E-state index < -0.39 is 0 Å². The summed E-state index contributed by atoms with van der Waals surface area (Å²) in [6.45, 7) is 10.8. The smallest absolute Gasteiger partial charge is 0.269 e. The van der Waals surface area contributed by atoms with Gasteiger partial charge in [0, 0.05) is 44.0 Å². The minimum atomic E-state index is -0.363. The van der Waals surface area contributed by atoms with Gasteiger partial charge in [-0.05, 0) is 52.2 Å². The molecule has 1 aromatic rings. The molecule has 0 amide bonds. The van der Waals surface area contributed by atoms with Gasteiger partial charge >= 0.3 is 0 Å². The summed E-state index contributed by atoms with van der Waals surface area (Å²) in [5.41, 5.74) is 0.756. The average Bonchev–Trinajstić information content (AvgIpc) is 2.61. The van der Waals surface area contributed by atoms with Gasteiger partial charge in [0.2, 0.25) is 0 Å². The summed E-state index contributed by atoms with van der Waals surface area (Å²) >= 11 is 0. The first-order valence-electron chi connectivity index (χ1n) is 9.68. The molecule has 0 radical (unpaired) electrons. The third-order valence-corrected chi connectivity index (χ3v) is 5.39. The highest BCUT2D eigenvalue weighted by atomic mass is 16.6. The van der Waals surface area contributed by atoms with Crippen LogP contribution in [0, 0.1) is 22.0 Å². The molecule has 0 N–H and O–H groups in total. The number of nitrogens with zero attached hydrogens (tertiary/aromatic N) is 3. The summed E-state index contributed by atoms with van der Waals surface area (Å²) in [6.07, 6.45) is 3.25. The molecule has 146 valence electrons. The summed E-state index contributed by atoms with van der Waals surface area (Å²) in [6, 6.07) is 6.80. The molecule has 2 aliphatic heterocycles. The summed E-state index contributed by atoms with van der Waals surface area (Å²) in [7, 11) is 0. The standard InChI is InChI=1S/C21H29N3O3/c1-20(2)10-4-11-21(3,27-20)12-5-13-22-14-16-23(17-15-22)18-6-8-19(9-7-18)24(25)26/h6-9H,4,10-11,13-17H2,1-3H3. The number of non-ortho nitro benzene ring substituents is 1. The molecular formula is C21H29N3O3. The number of hydrogen-bond donors (Lipinski definition) is 0. The molecule has 6 nitrogen and oxygen atoms in total. The van der Waals surface area contributed by atoms with Gasteiger partial charge in [0.05, 0.1) is 17.1 Å². The predicted octanol–water partition coefficient (Wildman–Crippen LogP) is 3.46. The Morgan fingerprint density at radius 2 is 1.78 bits per heavy atom. The number of anilines is 1. The molecule has 2 heterocycles. The van der Waals surface area contributed by atoms with Gasteiger partial charge in [-0.3, -0.25) is 15.0 Å². The van der Waals surface area contributed by atoms with Crippen LogP contribution in [0.1, 0.15) is 40.0 Å². The fourth-order valence-corrected chi connectivity index (χ4v) is 3.94. The maximum atomic E-state index is 10.8. The fraction of sp³-hybridized carbons (Fsp3) is 0.619. The van der Waals surface area contributed by atoms with E-state index in [9.17, 15) is 10.1 Å². The van der Waals surface area contributed by atoms with Gasteiger partial charge in [0.1, 0.15) is 5.60 Å². The lowest BCUT2D eigenvalue weighted by Crippen LogP contribution is -2.46. The monoisotopic (exact) mass is 371 g/mol. The molecule has 6 heteroatoms. The topological polar surface area (TPSA) is 58.9 Å². The second kappa shape index (κ2) is 7.87. The molecule has 1 aromatic carbocycles. The Morgan fingerprint density at radius 3 is 2.37 bits per heavy atom. The van der Waals surface area contributed by atoms with E-state index >= 15 is 0 Å². The lowest BCUT2D eigenvalue weighted by molar-refractivity contribution is -0.384. The highest BCUT2D eigenvalue weighted by molar-refractivity contribution is 5.51. The van der Waals surface area contributed by atoms with Gasteiger partial charge in [0.15, 0.2) is 0 Å². The van der Waals surface area contributed by atoms with Gasteiger partial charge in [0.25, 0.3) is 5.69 Å². The molecule has 2 aliphatic rings. The Kier molecular flexibility index (Phi) is 5.73. The van der Waals surface area contributed by atoms with Crippen LogP contribution in [0.25, 0.3) is 0 Å². The molecule has 2 fully saturated rings. The van der Waals surface area contributed by atoms with E-state index in [1.807, 2.05) is 12.1 Å². The van der Waals surface area contributed by atoms with Crippen LogP contribution >= 0.6 is 0 Å². The number of rotatable bonds is 3. The molecule has 2 saturated heterocycles. The Morgan fingerprint density at radius 1 is 1.11 bits per heavy atom. The van der Waals surface area contributed by atoms with Crippen molar-refractivity contribution in [3.63, 3.8) is 0 Å². The number of nitro benzene ring substituents is 1. The molecule has 0 spiro atoms. The van der Waals surface area contributed by atoms with Crippen LogP contribution in [0.2, 0.25) is 0 Å². The normalized spacial score (nSPS) is 25.5. The second-order valence-electron chi connectivity index (χ2n) is 8.28. The van der Waals surface area contributed by atoms with E-state index in [1.165, 1.54) is 0 Å². The zero-order valence-electron chi connectivity index (χ0n) is 16.5. The van der Waals surface area contributed by atoms with Crippen molar-refractivity contribution in [1.29, 1.82) is 0 Å². The van der Waals surface area contributed by atoms with E-state index in [0.717, 1.165) is 57.7 Å². The first kappa shape index (κ1) is 19.7. The maximum absolute atomic E-state index is 10.8. The van der Waals surface area contributed by atoms with Crippen LogP contribution < -0.4 is 4.90 Å². The lowest BCUT2D eigenvalue weighted by Gasteiger charge is -2.40. The number of ether oxygens (including phenoxy) is 1. The van der Waals surface area contributed by atoms with Crippen LogP contribution in [-0.4, -0.2) is 53.7 Å². The molecule has 1 atom stereocenters. The summed E-state index contributed by atoms with van der Waals surface area (Å²) in [4.78, 5) is 15.0. The highest BCUT2D eigenvalue weighted by Crippen LogP contribution is 2.34. The molecule has 1 unspecified atom stereocenters. The third-order valence-electron chi connectivity index (χ3n) is 5.39. The number of piperazine rings is 1. The van der Waals surface area contributed by atoms with Crippen LogP contribution in [-0.2, 0) is 4.74 Å². The minimum Gasteiger partial charge on any atom is -0.369 e. The van der Waals surface area contributed by atoms with E-state index in [0.29, 0.717) is 0 Å². The van der Waals surface area contributed by atoms with Crippen molar-refractivity contribution in [2.45, 2.75) is 51.2 Å². The molecular weight excluding hydrogens is 342 g/mol. The number of hydrogen-bond acceptors (Lipinski definition) is 5. The van der Waals surface area contributed by atoms with Gasteiger partial charge in [-0.2, -0.15) is 0 Å². The third kappa shape index (κ3) is 5.21. The Balaban J connectivity index is 1.49. The van der Waals surface area contributed by atoms with Crippen molar-refractivity contribution < 1.29 is 9.66 Å². The predicted molar refractivity (Wildman–Crippen MR) is 107 cm³/mol. The van der Waals surface area contributed by atoms with E-state index in [-0.39, 0.29) is 21.8 Å². The lowest BCUT2D eigenvalue weighted by atomic mass is 9.88. The SMILES string of the molecule is CC1(C)CCCC(C)(C#CCN2CCN(c3ccc([N+](=O)[O-])cc3)CC2)O1. The minimum absolute atomic E-state index is 0.0853. The zero-order valence-corrected chi connectivity index (χ0v) is 16.5. The summed E-state index contributed by atoms with van der Waals surface area (Å²) in [5.74, 6) is 6.70. The Hall–Kier alpha value is -2.10. The van der Waals surface area contributed by atoms with Gasteiger partial charge < -0.3 is 9.64 Å². The summed E-state index contributed by atoms with van der Waals surface area (Å²) in [5, 5.41) is 10.8. The van der Waals surface area contributed by atoms with Crippen molar-refractivity contribution in [1.82, 2.24) is 4.90 Å². The number of nitro groups is 1. The van der Waals surface area contributed by atoms with Crippen LogP contribution in [0.4, 0.5) is 11.4 Å². The molecule has 0 aromatic heterocycles. The van der Waals surface area contributed by atoms with Crippen molar-refractivity contribution in [3.8, 4) is 11.8 Å². The van der Waals surface area contributed by atoms with E-state index in [1.54, 1.807) is 12.1 Å². The van der Waals surface area contributed by atoms with Crippen molar-refractivity contribution in [3.05, 3.63) is 34.4 Å². The molecule has 0 aliphatic carbocycles. The Bertz CT molecular complexity index is 727. The van der Waals surface area contributed by atoms with Crippen molar-refractivity contribution in [2.75, 3.05) is 37.6 Å². The second-order valence-corrected chi connectivity index (χ2v) is 8.28. The fourth-order valence-electron chi connectivity index (χ4n) is 3.94. The van der Waals surface area contributed by atoms with Crippen LogP contribution in [0.15, 0.2) is 24.3 Å². The Labute approximate surface area is 161 Å². The molecule has 0 saturated carbocycles. The molecule has 3 rings (SSSR count). The van der Waals surface area contributed by atoms with Crippen molar-refractivity contribution >= 4 is 11.4 Å². The summed E-state index contributed by atoms with van der Waals surface area (Å²) < 4.78 is 6.20. The molecule has 27 heavy (non-hydrogen) atoms. The molecule has 0 bridgehead atoms. The van der Waals surface area contributed by atoms with Gasteiger partial charge in [-0.15, -0.1) is 0 Å².